The molecule has 0 radical (unpaired) electrons. The molecule has 162 valence electrons. The van der Waals surface area contributed by atoms with Crippen molar-refractivity contribution in [2.24, 2.45) is 0 Å². The number of nitrogens with one attached hydrogen (secondary N) is 1. The third-order valence-corrected chi connectivity index (χ3v) is 6.70. The summed E-state index contributed by atoms with van der Waals surface area (Å²) in [6, 6.07) is 19.7. The number of para-hydroxylation sites is 1. The van der Waals surface area contributed by atoms with E-state index >= 15 is 0 Å². The molecule has 5 nitrogen and oxygen atoms in total. The number of nitrogens with zero attached hydrogens (tertiary/aromatic N) is 1. The fraction of sp³-hybridized carbons (Fsp3) is 0.111. The van der Waals surface area contributed by atoms with Gasteiger partial charge in [0.05, 0.1) is 16.3 Å². The van der Waals surface area contributed by atoms with E-state index in [9.17, 15) is 14.4 Å². The fourth-order valence-electron chi connectivity index (χ4n) is 4.12. The van der Waals surface area contributed by atoms with Gasteiger partial charge in [0.25, 0.3) is 0 Å². The molecule has 1 amide bonds. The van der Waals surface area contributed by atoms with Gasteiger partial charge in [-0.2, -0.15) is 0 Å². The Hall–Kier alpha value is -3.77. The molecular weight excluding hydrogens is 432 g/mol. The second-order valence-corrected chi connectivity index (χ2v) is 9.05. The predicted molar refractivity (Wildman–Crippen MR) is 130 cm³/mol. The van der Waals surface area contributed by atoms with Gasteiger partial charge in [0.15, 0.2) is 11.6 Å². The number of hydrogen-bond acceptors (Lipinski definition) is 5. The Balaban J connectivity index is 1.32. The maximum absolute atomic E-state index is 12.9. The number of pyridine rings is 1. The van der Waals surface area contributed by atoms with Gasteiger partial charge in [-0.1, -0.05) is 54.2 Å². The highest BCUT2D eigenvalue weighted by Gasteiger charge is 2.29. The topological polar surface area (TPSA) is 76.1 Å². The van der Waals surface area contributed by atoms with E-state index in [0.29, 0.717) is 27.9 Å². The number of anilines is 1. The molecule has 0 fully saturated rings. The van der Waals surface area contributed by atoms with Crippen molar-refractivity contribution >= 4 is 45.8 Å². The van der Waals surface area contributed by atoms with Gasteiger partial charge in [-0.3, -0.25) is 14.4 Å². The summed E-state index contributed by atoms with van der Waals surface area (Å²) >= 11 is 1.36. The van der Waals surface area contributed by atoms with Gasteiger partial charge in [0, 0.05) is 33.3 Å². The summed E-state index contributed by atoms with van der Waals surface area (Å²) in [5.41, 5.74) is 5.11. The summed E-state index contributed by atoms with van der Waals surface area (Å²) in [5, 5.41) is 4.73. The van der Waals surface area contributed by atoms with Crippen LogP contribution in [0.2, 0.25) is 0 Å². The minimum Gasteiger partial charge on any atom is -0.325 e. The van der Waals surface area contributed by atoms with E-state index in [4.69, 9.17) is 4.98 Å². The van der Waals surface area contributed by atoms with Crippen LogP contribution in [0.1, 0.15) is 43.0 Å². The van der Waals surface area contributed by atoms with Gasteiger partial charge in [-0.05, 0) is 49.2 Å². The van der Waals surface area contributed by atoms with E-state index in [-0.39, 0.29) is 23.2 Å². The molecule has 5 rings (SSSR count). The van der Waals surface area contributed by atoms with Crippen LogP contribution in [0, 0.1) is 13.8 Å². The maximum atomic E-state index is 12.9. The molecule has 0 aliphatic heterocycles. The average molecular weight is 453 g/mol. The van der Waals surface area contributed by atoms with Crippen molar-refractivity contribution in [2.75, 3.05) is 11.1 Å². The molecule has 0 saturated carbocycles. The van der Waals surface area contributed by atoms with Crippen molar-refractivity contribution in [2.45, 2.75) is 18.9 Å². The lowest BCUT2D eigenvalue weighted by molar-refractivity contribution is -0.113. The summed E-state index contributed by atoms with van der Waals surface area (Å²) < 4.78 is 0. The van der Waals surface area contributed by atoms with Gasteiger partial charge < -0.3 is 5.32 Å². The Labute approximate surface area is 195 Å². The van der Waals surface area contributed by atoms with Gasteiger partial charge in [0.1, 0.15) is 0 Å². The maximum Gasteiger partial charge on any atom is 0.234 e. The molecule has 1 N–H and O–H groups in total. The van der Waals surface area contributed by atoms with Crippen molar-refractivity contribution in [1.82, 2.24) is 4.98 Å². The molecule has 33 heavy (non-hydrogen) atoms. The first-order valence-corrected chi connectivity index (χ1v) is 11.5. The van der Waals surface area contributed by atoms with E-state index in [1.165, 1.54) is 11.8 Å². The lowest BCUT2D eigenvalue weighted by atomic mass is 9.84. The Morgan fingerprint density at radius 2 is 1.52 bits per heavy atom. The number of amides is 1. The molecule has 6 heteroatoms. The van der Waals surface area contributed by atoms with Crippen LogP contribution >= 0.6 is 11.8 Å². The standard InChI is InChI=1S/C27H20N2O3S/c1-15-6-5-9-18-16(2)12-24(29-25(15)18)33-14-23(30)28-17-10-11-21-22(13-17)27(32)20-8-4-3-7-19(20)26(21)31/h3-13H,14H2,1-2H3,(H,28,30). The van der Waals surface area contributed by atoms with Gasteiger partial charge in [0.2, 0.25) is 5.91 Å². The molecule has 3 aromatic carbocycles. The van der Waals surface area contributed by atoms with E-state index in [2.05, 4.69) is 5.32 Å². The van der Waals surface area contributed by atoms with Crippen LogP contribution in [0.15, 0.2) is 71.8 Å². The number of ketones is 2. The van der Waals surface area contributed by atoms with Crippen molar-refractivity contribution < 1.29 is 14.4 Å². The normalized spacial score (nSPS) is 12.4. The van der Waals surface area contributed by atoms with Crippen molar-refractivity contribution in [3.05, 3.63) is 100 Å². The van der Waals surface area contributed by atoms with Crippen molar-refractivity contribution in [1.29, 1.82) is 0 Å². The number of carbonyl (C=O) groups is 3. The molecular formula is C27H20N2O3S. The quantitative estimate of drug-likeness (QED) is 0.372. The minimum absolute atomic E-state index is 0.177. The largest absolute Gasteiger partial charge is 0.325 e. The second-order valence-electron chi connectivity index (χ2n) is 8.05. The zero-order valence-corrected chi connectivity index (χ0v) is 19.0. The number of rotatable bonds is 4. The first-order valence-electron chi connectivity index (χ1n) is 10.5. The number of aromatic nitrogens is 1. The Kier molecular flexibility index (Phi) is 5.30. The third-order valence-electron chi connectivity index (χ3n) is 5.78. The summed E-state index contributed by atoms with van der Waals surface area (Å²) in [4.78, 5) is 42.9. The Bertz CT molecular complexity index is 1480. The van der Waals surface area contributed by atoms with Crippen molar-refractivity contribution in [3.8, 4) is 0 Å². The van der Waals surface area contributed by atoms with E-state index in [1.807, 2.05) is 38.1 Å². The van der Waals surface area contributed by atoms with Gasteiger partial charge in [-0.15, -0.1) is 0 Å². The van der Waals surface area contributed by atoms with E-state index in [0.717, 1.165) is 27.1 Å². The average Bonchev–Trinajstić information content (AvgIpc) is 2.82. The molecule has 0 saturated heterocycles. The molecule has 1 aliphatic carbocycles. The first kappa shape index (κ1) is 21.1. The molecule has 1 aromatic heterocycles. The minimum atomic E-state index is -0.211. The van der Waals surface area contributed by atoms with Crippen LogP contribution < -0.4 is 5.32 Å². The van der Waals surface area contributed by atoms with Crippen LogP contribution in [-0.4, -0.2) is 28.2 Å². The number of thioether (sulfide) groups is 1. The fourth-order valence-corrected chi connectivity index (χ4v) is 4.89. The van der Waals surface area contributed by atoms with Crippen molar-refractivity contribution in [3.63, 3.8) is 0 Å². The number of benzene rings is 3. The molecule has 0 spiro atoms. The molecule has 1 heterocycles. The highest BCUT2D eigenvalue weighted by Crippen LogP contribution is 2.30. The molecule has 1 aliphatic rings. The highest BCUT2D eigenvalue weighted by molar-refractivity contribution is 7.99. The monoisotopic (exact) mass is 452 g/mol. The summed E-state index contributed by atoms with van der Waals surface area (Å²) in [6.07, 6.45) is 0. The number of fused-ring (bicyclic) bond motifs is 3. The van der Waals surface area contributed by atoms with Gasteiger partial charge in [-0.25, -0.2) is 4.98 Å². The van der Waals surface area contributed by atoms with Crippen LogP contribution in [-0.2, 0) is 4.79 Å². The molecule has 0 bridgehead atoms. The summed E-state index contributed by atoms with van der Waals surface area (Å²) in [5.74, 6) is -0.422. The highest BCUT2D eigenvalue weighted by atomic mass is 32.2. The van der Waals surface area contributed by atoms with Crippen LogP contribution in [0.3, 0.4) is 0 Å². The molecule has 0 atom stereocenters. The van der Waals surface area contributed by atoms with Crippen LogP contribution in [0.5, 0.6) is 0 Å². The van der Waals surface area contributed by atoms with Gasteiger partial charge >= 0.3 is 0 Å². The zero-order chi connectivity index (χ0) is 23.1. The third kappa shape index (κ3) is 3.83. The smallest absolute Gasteiger partial charge is 0.234 e. The molecule has 0 unspecified atom stereocenters. The summed E-state index contributed by atoms with van der Waals surface area (Å²) in [6.45, 7) is 4.06. The number of hydrogen-bond donors (Lipinski definition) is 1. The lowest BCUT2D eigenvalue weighted by Crippen LogP contribution is -2.21. The second kappa shape index (κ2) is 8.30. The SMILES string of the molecule is Cc1cc(SCC(=O)Nc2ccc3c(c2)C(=O)c2ccccc2C3=O)nc2c(C)cccc12. The van der Waals surface area contributed by atoms with E-state index < -0.39 is 0 Å². The van der Waals surface area contributed by atoms with E-state index in [1.54, 1.807) is 42.5 Å². The molecule has 4 aromatic rings. The number of carbonyl (C=O) groups excluding carboxylic acids is 3. The first-order chi connectivity index (χ1) is 15.9. The van der Waals surface area contributed by atoms with Crippen LogP contribution in [0.25, 0.3) is 10.9 Å². The zero-order valence-electron chi connectivity index (χ0n) is 18.1. The predicted octanol–water partition coefficient (Wildman–Crippen LogP) is 5.36. The Morgan fingerprint density at radius 1 is 0.818 bits per heavy atom. The summed E-state index contributed by atoms with van der Waals surface area (Å²) in [7, 11) is 0. The lowest BCUT2D eigenvalue weighted by Gasteiger charge is -2.18. The Morgan fingerprint density at radius 3 is 2.27 bits per heavy atom. The number of aryl methyl sites for hydroxylation is 2. The van der Waals surface area contributed by atoms with Crippen LogP contribution in [0.4, 0.5) is 5.69 Å².